The average Bonchev–Trinajstić information content (AvgIpc) is 2.28. The van der Waals surface area contributed by atoms with E-state index in [9.17, 15) is 14.3 Å². The van der Waals surface area contributed by atoms with Crippen LogP contribution in [0.4, 0.5) is 11.5 Å². The maximum Gasteiger partial charge on any atom is 0.311 e. The second-order valence-corrected chi connectivity index (χ2v) is 4.74. The summed E-state index contributed by atoms with van der Waals surface area (Å²) in [6, 6.07) is 2.73. The summed E-state index contributed by atoms with van der Waals surface area (Å²) in [5.41, 5.74) is -0.132. The van der Waals surface area contributed by atoms with Gasteiger partial charge in [-0.2, -0.15) is 4.98 Å². The van der Waals surface area contributed by atoms with Gasteiger partial charge in [-0.15, -0.1) is 0 Å². The topological polar surface area (TPSA) is 94.4 Å². The highest BCUT2D eigenvalue weighted by Crippen LogP contribution is 2.24. The Morgan fingerprint density at radius 3 is 2.82 bits per heavy atom. The molecule has 1 aromatic heterocycles. The molecule has 1 rings (SSSR count). The monoisotopic (exact) mass is 259 g/mol. The van der Waals surface area contributed by atoms with Crippen LogP contribution in [0.15, 0.2) is 12.1 Å². The molecule has 0 amide bonds. The third kappa shape index (κ3) is 3.99. The van der Waals surface area contributed by atoms with Crippen LogP contribution < -0.4 is 10.1 Å². The van der Waals surface area contributed by atoms with Crippen LogP contribution in [-0.2, 0) is 10.8 Å². The van der Waals surface area contributed by atoms with Crippen molar-refractivity contribution in [3.63, 3.8) is 0 Å². The molecule has 1 heterocycles. The van der Waals surface area contributed by atoms with E-state index in [1.165, 1.54) is 19.2 Å². The van der Waals surface area contributed by atoms with Crippen molar-refractivity contribution >= 4 is 22.3 Å². The number of nitro groups is 1. The van der Waals surface area contributed by atoms with Crippen LogP contribution in [-0.4, -0.2) is 39.8 Å². The molecule has 94 valence electrons. The van der Waals surface area contributed by atoms with E-state index in [0.717, 1.165) is 0 Å². The first-order valence-electron chi connectivity index (χ1n) is 4.78. The van der Waals surface area contributed by atoms with Gasteiger partial charge >= 0.3 is 5.69 Å². The first-order valence-corrected chi connectivity index (χ1v) is 6.50. The molecular formula is C9H13N3O4S. The van der Waals surface area contributed by atoms with Gasteiger partial charge in [0.15, 0.2) is 0 Å². The highest BCUT2D eigenvalue weighted by atomic mass is 32.2. The molecule has 0 saturated carbocycles. The molecule has 1 N–H and O–H groups in total. The van der Waals surface area contributed by atoms with Gasteiger partial charge in [-0.3, -0.25) is 14.3 Å². The summed E-state index contributed by atoms with van der Waals surface area (Å²) < 4.78 is 15.8. The number of ether oxygens (including phenoxy) is 1. The summed E-state index contributed by atoms with van der Waals surface area (Å²) >= 11 is 0. The van der Waals surface area contributed by atoms with E-state index in [1.807, 2.05) is 0 Å². The van der Waals surface area contributed by atoms with Crippen molar-refractivity contribution in [1.29, 1.82) is 0 Å². The van der Waals surface area contributed by atoms with Crippen LogP contribution in [0.2, 0.25) is 0 Å². The third-order valence-corrected chi connectivity index (χ3v) is 2.72. The van der Waals surface area contributed by atoms with E-state index in [1.54, 1.807) is 6.26 Å². The van der Waals surface area contributed by atoms with Crippen LogP contribution in [0.5, 0.6) is 5.88 Å². The molecule has 0 aliphatic rings. The number of hydrogen-bond donors (Lipinski definition) is 1. The smallest absolute Gasteiger partial charge is 0.311 e. The van der Waals surface area contributed by atoms with E-state index in [2.05, 4.69) is 10.3 Å². The van der Waals surface area contributed by atoms with E-state index < -0.39 is 15.7 Å². The Hall–Kier alpha value is -1.70. The number of methoxy groups -OCH3 is 1. The molecule has 0 aliphatic heterocycles. The SMILES string of the molecule is COc1ccc([N+](=O)[O-])c(NCCS(C)=O)n1. The molecule has 1 atom stereocenters. The molecule has 0 saturated heterocycles. The molecule has 0 bridgehead atoms. The van der Waals surface area contributed by atoms with Crippen molar-refractivity contribution in [3.05, 3.63) is 22.2 Å². The molecule has 0 aromatic carbocycles. The lowest BCUT2D eigenvalue weighted by molar-refractivity contribution is -0.384. The molecular weight excluding hydrogens is 246 g/mol. The van der Waals surface area contributed by atoms with Gasteiger partial charge < -0.3 is 10.1 Å². The van der Waals surface area contributed by atoms with Gasteiger partial charge in [-0.1, -0.05) is 0 Å². The maximum atomic E-state index is 10.9. The fraction of sp³-hybridized carbons (Fsp3) is 0.444. The fourth-order valence-electron chi connectivity index (χ4n) is 1.14. The summed E-state index contributed by atoms with van der Waals surface area (Å²) in [7, 11) is 0.475. The number of nitrogens with one attached hydrogen (secondary N) is 1. The standard InChI is InChI=1S/C9H13N3O4S/c1-16-8-4-3-7(12(13)14)9(11-8)10-5-6-17(2)15/h3-4H,5-6H2,1-2H3,(H,10,11). The normalized spacial score (nSPS) is 11.9. The minimum Gasteiger partial charge on any atom is -0.481 e. The number of pyridine rings is 1. The van der Waals surface area contributed by atoms with Crippen molar-refractivity contribution in [2.75, 3.05) is 31.0 Å². The van der Waals surface area contributed by atoms with E-state index in [-0.39, 0.29) is 17.4 Å². The van der Waals surface area contributed by atoms with Gasteiger partial charge in [0.05, 0.1) is 12.0 Å². The predicted molar refractivity (Wildman–Crippen MR) is 64.9 cm³/mol. The second kappa shape index (κ2) is 6.14. The van der Waals surface area contributed by atoms with Gasteiger partial charge in [0.25, 0.3) is 0 Å². The van der Waals surface area contributed by atoms with E-state index in [0.29, 0.717) is 12.3 Å². The van der Waals surface area contributed by atoms with Gasteiger partial charge in [0.2, 0.25) is 11.7 Å². The van der Waals surface area contributed by atoms with Crippen LogP contribution in [0.25, 0.3) is 0 Å². The molecule has 0 spiro atoms. The second-order valence-electron chi connectivity index (χ2n) is 3.18. The zero-order valence-corrected chi connectivity index (χ0v) is 10.3. The quantitative estimate of drug-likeness (QED) is 0.599. The summed E-state index contributed by atoms with van der Waals surface area (Å²) in [5.74, 6) is 0.811. The van der Waals surface area contributed by atoms with Crippen LogP contribution in [0.1, 0.15) is 0 Å². The lowest BCUT2D eigenvalue weighted by Gasteiger charge is -2.06. The third-order valence-electron chi connectivity index (χ3n) is 1.94. The van der Waals surface area contributed by atoms with Gasteiger partial charge in [0, 0.05) is 41.5 Å². The van der Waals surface area contributed by atoms with Crippen molar-refractivity contribution < 1.29 is 13.9 Å². The van der Waals surface area contributed by atoms with Gasteiger partial charge in [-0.25, -0.2) is 0 Å². The Morgan fingerprint density at radius 1 is 1.59 bits per heavy atom. The van der Waals surface area contributed by atoms with Crippen molar-refractivity contribution in [2.24, 2.45) is 0 Å². The summed E-state index contributed by atoms with van der Waals surface area (Å²) in [5, 5.41) is 13.5. The van der Waals surface area contributed by atoms with E-state index in [4.69, 9.17) is 4.74 Å². The number of aromatic nitrogens is 1. The van der Waals surface area contributed by atoms with Crippen LogP contribution in [0, 0.1) is 10.1 Å². The minimum absolute atomic E-state index is 0.125. The highest BCUT2D eigenvalue weighted by molar-refractivity contribution is 7.84. The Labute approximate surface area is 101 Å². The van der Waals surface area contributed by atoms with Gasteiger partial charge in [0.1, 0.15) is 0 Å². The molecule has 0 aliphatic carbocycles. The Kier molecular flexibility index (Phi) is 4.83. The highest BCUT2D eigenvalue weighted by Gasteiger charge is 2.15. The average molecular weight is 259 g/mol. The lowest BCUT2D eigenvalue weighted by atomic mass is 10.4. The molecule has 1 aromatic rings. The summed E-state index contributed by atoms with van der Waals surface area (Å²) in [4.78, 5) is 14.1. The van der Waals surface area contributed by atoms with Crippen molar-refractivity contribution in [2.45, 2.75) is 0 Å². The zero-order valence-electron chi connectivity index (χ0n) is 9.50. The van der Waals surface area contributed by atoms with Gasteiger partial charge in [-0.05, 0) is 0 Å². The Balaban J connectivity index is 2.85. The molecule has 8 heteroatoms. The van der Waals surface area contributed by atoms with Crippen molar-refractivity contribution in [1.82, 2.24) is 4.98 Å². The fourth-order valence-corrected chi connectivity index (χ4v) is 1.53. The van der Waals surface area contributed by atoms with Crippen molar-refractivity contribution in [3.8, 4) is 5.88 Å². The maximum absolute atomic E-state index is 10.9. The zero-order chi connectivity index (χ0) is 12.8. The summed E-state index contributed by atoms with van der Waals surface area (Å²) in [6.07, 6.45) is 1.56. The number of hydrogen-bond acceptors (Lipinski definition) is 6. The number of anilines is 1. The molecule has 0 fully saturated rings. The lowest BCUT2D eigenvalue weighted by Crippen LogP contribution is -2.12. The first-order chi connectivity index (χ1) is 8.04. The molecule has 0 radical (unpaired) electrons. The first kappa shape index (κ1) is 13.4. The Bertz CT molecular complexity index is 438. The minimum atomic E-state index is -0.955. The van der Waals surface area contributed by atoms with Crippen LogP contribution in [0.3, 0.4) is 0 Å². The number of nitrogens with zero attached hydrogens (tertiary/aromatic N) is 2. The molecule has 1 unspecified atom stereocenters. The molecule has 7 nitrogen and oxygen atoms in total. The predicted octanol–water partition coefficient (Wildman–Crippen LogP) is 0.789. The molecule has 17 heavy (non-hydrogen) atoms. The van der Waals surface area contributed by atoms with Crippen LogP contribution >= 0.6 is 0 Å². The number of rotatable bonds is 6. The largest absolute Gasteiger partial charge is 0.481 e. The summed E-state index contributed by atoms with van der Waals surface area (Å²) in [6.45, 7) is 0.351. The Morgan fingerprint density at radius 2 is 2.29 bits per heavy atom. The van der Waals surface area contributed by atoms with E-state index >= 15 is 0 Å².